The number of benzene rings is 2. The van der Waals surface area contributed by atoms with Gasteiger partial charge in [0.25, 0.3) is 0 Å². The topological polar surface area (TPSA) is 71.2 Å². The van der Waals surface area contributed by atoms with Crippen molar-refractivity contribution < 1.29 is 14.6 Å². The molecular formula is C18H17ClFN3O2. The molecule has 0 saturated heterocycles. The zero-order valence-electron chi connectivity index (χ0n) is 13.5. The van der Waals surface area contributed by atoms with Crippen LogP contribution in [-0.4, -0.2) is 25.0 Å². The maximum Gasteiger partial charge on any atom is 0.142 e. The van der Waals surface area contributed by atoms with Gasteiger partial charge in [-0.2, -0.15) is 5.10 Å². The van der Waals surface area contributed by atoms with Crippen molar-refractivity contribution in [3.05, 3.63) is 83.2 Å². The SMILES string of the molecule is C[C@@](O)(c1ccc(F)cc1)[C@](O)(Cn1cncn1)c1ccc(Cl)cc1. The lowest BCUT2D eigenvalue weighted by molar-refractivity contribution is -0.164. The van der Waals surface area contributed by atoms with E-state index in [0.29, 0.717) is 16.1 Å². The Morgan fingerprint density at radius 1 is 1.04 bits per heavy atom. The number of aromatic nitrogens is 3. The van der Waals surface area contributed by atoms with Crippen molar-refractivity contribution in [1.82, 2.24) is 14.8 Å². The highest BCUT2D eigenvalue weighted by molar-refractivity contribution is 6.30. The molecule has 3 aromatic rings. The first-order chi connectivity index (χ1) is 11.8. The van der Waals surface area contributed by atoms with Crippen LogP contribution in [0.25, 0.3) is 0 Å². The molecule has 0 amide bonds. The number of nitrogens with zero attached hydrogens (tertiary/aromatic N) is 3. The molecule has 2 N–H and O–H groups in total. The number of rotatable bonds is 5. The monoisotopic (exact) mass is 361 g/mol. The third kappa shape index (κ3) is 3.28. The van der Waals surface area contributed by atoms with Crippen LogP contribution in [0.3, 0.4) is 0 Å². The zero-order valence-corrected chi connectivity index (χ0v) is 14.2. The summed E-state index contributed by atoms with van der Waals surface area (Å²) in [6.45, 7) is 1.42. The van der Waals surface area contributed by atoms with E-state index in [1.54, 1.807) is 24.3 Å². The van der Waals surface area contributed by atoms with E-state index in [1.807, 2.05) is 0 Å². The molecule has 2 atom stereocenters. The summed E-state index contributed by atoms with van der Waals surface area (Å²) in [7, 11) is 0. The Hall–Kier alpha value is -2.28. The van der Waals surface area contributed by atoms with E-state index in [0.717, 1.165) is 0 Å². The highest BCUT2D eigenvalue weighted by atomic mass is 35.5. The Labute approximate surface area is 149 Å². The molecule has 0 radical (unpaired) electrons. The quantitative estimate of drug-likeness (QED) is 0.733. The minimum atomic E-state index is -1.76. The van der Waals surface area contributed by atoms with Gasteiger partial charge in [-0.15, -0.1) is 0 Å². The second-order valence-corrected chi connectivity index (χ2v) is 6.48. The van der Waals surface area contributed by atoms with Crippen LogP contribution in [0.4, 0.5) is 4.39 Å². The lowest BCUT2D eigenvalue weighted by Gasteiger charge is -2.42. The molecule has 7 heteroatoms. The number of hydrogen-bond donors (Lipinski definition) is 2. The molecule has 0 fully saturated rings. The van der Waals surface area contributed by atoms with E-state index in [1.165, 1.54) is 48.5 Å². The van der Waals surface area contributed by atoms with E-state index in [4.69, 9.17) is 11.6 Å². The van der Waals surface area contributed by atoms with Crippen LogP contribution in [0, 0.1) is 5.82 Å². The van der Waals surface area contributed by atoms with Gasteiger partial charge in [0.1, 0.15) is 29.7 Å². The van der Waals surface area contributed by atoms with Crippen molar-refractivity contribution in [2.45, 2.75) is 24.7 Å². The number of halogens is 2. The summed E-state index contributed by atoms with van der Waals surface area (Å²) in [6, 6.07) is 11.9. The molecule has 3 rings (SSSR count). The van der Waals surface area contributed by atoms with Crippen molar-refractivity contribution in [2.75, 3.05) is 0 Å². The van der Waals surface area contributed by atoms with Gasteiger partial charge in [-0.25, -0.2) is 14.1 Å². The highest BCUT2D eigenvalue weighted by Crippen LogP contribution is 2.42. The fourth-order valence-electron chi connectivity index (χ4n) is 2.81. The number of hydrogen-bond acceptors (Lipinski definition) is 4. The second-order valence-electron chi connectivity index (χ2n) is 6.04. The molecule has 5 nitrogen and oxygen atoms in total. The van der Waals surface area contributed by atoms with Gasteiger partial charge in [-0.3, -0.25) is 0 Å². The third-order valence-corrected chi connectivity index (χ3v) is 4.64. The molecule has 130 valence electrons. The Balaban J connectivity index is 2.12. The summed E-state index contributed by atoms with van der Waals surface area (Å²) in [5.74, 6) is -0.425. The van der Waals surface area contributed by atoms with Crippen LogP contribution in [0.15, 0.2) is 61.2 Å². The number of aliphatic hydroxyl groups is 2. The van der Waals surface area contributed by atoms with Crippen LogP contribution in [0.2, 0.25) is 5.02 Å². The first-order valence-electron chi connectivity index (χ1n) is 7.62. The Morgan fingerprint density at radius 2 is 1.64 bits per heavy atom. The summed E-state index contributed by atoms with van der Waals surface area (Å²) < 4.78 is 14.7. The summed E-state index contributed by atoms with van der Waals surface area (Å²) >= 11 is 5.94. The molecule has 25 heavy (non-hydrogen) atoms. The van der Waals surface area contributed by atoms with Gasteiger partial charge in [0.2, 0.25) is 0 Å². The van der Waals surface area contributed by atoms with Gasteiger partial charge in [0.15, 0.2) is 0 Å². The molecule has 0 bridgehead atoms. The molecule has 1 heterocycles. The van der Waals surface area contributed by atoms with Gasteiger partial charge >= 0.3 is 0 Å². The summed E-state index contributed by atoms with van der Waals surface area (Å²) in [4.78, 5) is 3.87. The molecule has 0 aliphatic heterocycles. The zero-order chi connectivity index (χ0) is 18.1. The predicted molar refractivity (Wildman–Crippen MR) is 91.3 cm³/mol. The average molecular weight is 362 g/mol. The van der Waals surface area contributed by atoms with Gasteiger partial charge in [0.05, 0.1) is 6.54 Å². The highest BCUT2D eigenvalue weighted by Gasteiger charge is 2.49. The van der Waals surface area contributed by atoms with Crippen LogP contribution < -0.4 is 0 Å². The Bertz CT molecular complexity index is 836. The predicted octanol–water partition coefficient (Wildman–Crippen LogP) is 2.87. The minimum Gasteiger partial charge on any atom is -0.382 e. The summed E-state index contributed by atoms with van der Waals surface area (Å²) in [5.41, 5.74) is -2.68. The van der Waals surface area contributed by atoms with Gasteiger partial charge in [-0.1, -0.05) is 35.9 Å². The molecule has 0 spiro atoms. The van der Waals surface area contributed by atoms with Gasteiger partial charge in [-0.05, 0) is 42.3 Å². The minimum absolute atomic E-state index is 0.0565. The molecule has 0 aliphatic rings. The normalized spacial score (nSPS) is 16.2. The van der Waals surface area contributed by atoms with Crippen molar-refractivity contribution in [1.29, 1.82) is 0 Å². The van der Waals surface area contributed by atoms with Crippen molar-refractivity contribution in [2.24, 2.45) is 0 Å². The first-order valence-corrected chi connectivity index (χ1v) is 8.00. The summed E-state index contributed by atoms with van der Waals surface area (Å²) in [6.07, 6.45) is 2.79. The second kappa shape index (κ2) is 6.55. The molecule has 0 unspecified atom stereocenters. The van der Waals surface area contributed by atoms with Crippen molar-refractivity contribution in [3.8, 4) is 0 Å². The average Bonchev–Trinajstić information content (AvgIpc) is 3.08. The maximum atomic E-state index is 13.3. The fraction of sp³-hybridized carbons (Fsp3) is 0.222. The lowest BCUT2D eigenvalue weighted by atomic mass is 9.74. The largest absolute Gasteiger partial charge is 0.382 e. The van der Waals surface area contributed by atoms with Crippen molar-refractivity contribution >= 4 is 11.6 Å². The van der Waals surface area contributed by atoms with E-state index >= 15 is 0 Å². The summed E-state index contributed by atoms with van der Waals surface area (Å²) in [5, 5.41) is 27.3. The smallest absolute Gasteiger partial charge is 0.142 e. The molecule has 1 aromatic heterocycles. The lowest BCUT2D eigenvalue weighted by Crippen LogP contribution is -2.50. The van der Waals surface area contributed by atoms with E-state index < -0.39 is 17.0 Å². The van der Waals surface area contributed by atoms with Crippen LogP contribution in [0.5, 0.6) is 0 Å². The van der Waals surface area contributed by atoms with Crippen molar-refractivity contribution in [3.63, 3.8) is 0 Å². The maximum absolute atomic E-state index is 13.3. The Morgan fingerprint density at radius 3 is 2.20 bits per heavy atom. The first kappa shape index (κ1) is 17.5. The fourth-order valence-corrected chi connectivity index (χ4v) is 2.94. The molecule has 0 aliphatic carbocycles. The molecule has 0 saturated carbocycles. The van der Waals surface area contributed by atoms with E-state index in [2.05, 4.69) is 10.1 Å². The third-order valence-electron chi connectivity index (χ3n) is 4.39. The van der Waals surface area contributed by atoms with E-state index in [9.17, 15) is 14.6 Å². The van der Waals surface area contributed by atoms with Gasteiger partial charge in [0, 0.05) is 5.02 Å². The van der Waals surface area contributed by atoms with Crippen LogP contribution >= 0.6 is 11.6 Å². The molecular weight excluding hydrogens is 345 g/mol. The Kier molecular flexibility index (Phi) is 4.60. The van der Waals surface area contributed by atoms with Gasteiger partial charge < -0.3 is 10.2 Å². The molecule has 2 aromatic carbocycles. The van der Waals surface area contributed by atoms with E-state index in [-0.39, 0.29) is 6.54 Å². The standard InChI is InChI=1S/C18H17ClFN3O2/c1-17(24,13-4-8-16(20)9-5-13)18(25,10-23-12-21-11-22-23)14-2-6-15(19)7-3-14/h2-9,11-12,24-25H,10H2,1H3/t17-,18+/m1/s1. The van der Waals surface area contributed by atoms with Crippen LogP contribution in [0.1, 0.15) is 18.1 Å². The van der Waals surface area contributed by atoms with Crippen LogP contribution in [-0.2, 0) is 17.7 Å².